The highest BCUT2D eigenvalue weighted by atomic mass is 19.1. The molecule has 3 rings (SSSR count). The van der Waals surface area contributed by atoms with E-state index < -0.39 is 0 Å². The van der Waals surface area contributed by atoms with E-state index in [1.807, 2.05) is 7.05 Å². The van der Waals surface area contributed by atoms with Gasteiger partial charge in [-0.15, -0.1) is 0 Å². The largest absolute Gasteiger partial charge is 0.313 e. The number of piperidine rings is 1. The Kier molecular flexibility index (Phi) is 3.78. The summed E-state index contributed by atoms with van der Waals surface area (Å²) in [5, 5.41) is 3.21. The van der Waals surface area contributed by atoms with Crippen molar-refractivity contribution in [3.8, 4) is 0 Å². The van der Waals surface area contributed by atoms with Gasteiger partial charge in [-0.2, -0.15) is 0 Å². The molecule has 0 saturated carbocycles. The van der Waals surface area contributed by atoms with Gasteiger partial charge in [-0.25, -0.2) is 8.78 Å². The van der Waals surface area contributed by atoms with Crippen LogP contribution in [0, 0.1) is 17.6 Å². The molecule has 2 fully saturated rings. The molecule has 3 unspecified atom stereocenters. The van der Waals surface area contributed by atoms with E-state index in [1.165, 1.54) is 31.0 Å². The number of benzene rings is 1. The van der Waals surface area contributed by atoms with Crippen molar-refractivity contribution in [3.05, 3.63) is 35.4 Å². The molecular formula is C16H22F2N2. The van der Waals surface area contributed by atoms with Gasteiger partial charge in [-0.3, -0.25) is 0 Å². The predicted molar refractivity (Wildman–Crippen MR) is 75.5 cm³/mol. The number of fused-ring (bicyclic) bond motifs is 2. The molecule has 0 spiro atoms. The zero-order chi connectivity index (χ0) is 14.3. The molecule has 2 nitrogen and oxygen atoms in total. The summed E-state index contributed by atoms with van der Waals surface area (Å²) in [7, 11) is 4.03. The topological polar surface area (TPSA) is 15.3 Å². The average molecular weight is 280 g/mol. The van der Waals surface area contributed by atoms with Gasteiger partial charge in [0.25, 0.3) is 0 Å². The van der Waals surface area contributed by atoms with Gasteiger partial charge in [0.2, 0.25) is 0 Å². The van der Waals surface area contributed by atoms with E-state index >= 15 is 0 Å². The van der Waals surface area contributed by atoms with Crippen LogP contribution >= 0.6 is 0 Å². The first-order chi connectivity index (χ1) is 9.60. The van der Waals surface area contributed by atoms with E-state index in [-0.39, 0.29) is 17.7 Å². The molecule has 2 bridgehead atoms. The maximum Gasteiger partial charge on any atom is 0.128 e. The van der Waals surface area contributed by atoms with Crippen LogP contribution in [-0.4, -0.2) is 31.1 Å². The molecular weight excluding hydrogens is 258 g/mol. The number of halogens is 2. The number of hydrogen-bond donors (Lipinski definition) is 1. The van der Waals surface area contributed by atoms with E-state index in [9.17, 15) is 8.78 Å². The fraction of sp³-hybridized carbons (Fsp3) is 0.625. The van der Waals surface area contributed by atoms with Gasteiger partial charge in [-0.1, -0.05) is 0 Å². The molecule has 3 atom stereocenters. The number of hydrogen-bond acceptors (Lipinski definition) is 2. The lowest BCUT2D eigenvalue weighted by atomic mass is 9.82. The highest BCUT2D eigenvalue weighted by molar-refractivity contribution is 5.23. The van der Waals surface area contributed by atoms with Gasteiger partial charge in [0.15, 0.2) is 0 Å². The van der Waals surface area contributed by atoms with Gasteiger partial charge >= 0.3 is 0 Å². The Labute approximate surface area is 119 Å². The fourth-order valence-corrected chi connectivity index (χ4v) is 4.12. The lowest BCUT2D eigenvalue weighted by Crippen LogP contribution is -2.43. The van der Waals surface area contributed by atoms with Gasteiger partial charge in [0.05, 0.1) is 0 Å². The quantitative estimate of drug-likeness (QED) is 0.915. The van der Waals surface area contributed by atoms with Gasteiger partial charge in [0, 0.05) is 23.7 Å². The summed E-state index contributed by atoms with van der Waals surface area (Å²) in [6.45, 7) is 0. The number of nitrogens with one attached hydrogen (secondary N) is 1. The fourth-order valence-electron chi connectivity index (χ4n) is 4.12. The van der Waals surface area contributed by atoms with E-state index in [0.717, 1.165) is 12.8 Å². The summed E-state index contributed by atoms with van der Waals surface area (Å²) in [5.74, 6) is -0.292. The van der Waals surface area contributed by atoms with Crippen molar-refractivity contribution in [1.29, 1.82) is 0 Å². The Morgan fingerprint density at radius 3 is 2.45 bits per heavy atom. The zero-order valence-electron chi connectivity index (χ0n) is 12.1. The average Bonchev–Trinajstić information content (AvgIpc) is 2.66. The van der Waals surface area contributed by atoms with Crippen molar-refractivity contribution in [2.45, 2.75) is 43.8 Å². The predicted octanol–water partition coefficient (Wildman–Crippen LogP) is 3.10. The van der Waals surface area contributed by atoms with E-state index in [2.05, 4.69) is 17.3 Å². The first-order valence-electron chi connectivity index (χ1n) is 7.44. The van der Waals surface area contributed by atoms with E-state index in [0.29, 0.717) is 23.6 Å². The van der Waals surface area contributed by atoms with Crippen molar-refractivity contribution in [3.63, 3.8) is 0 Å². The normalized spacial score (nSPS) is 31.5. The summed E-state index contributed by atoms with van der Waals surface area (Å²) in [5.41, 5.74) is 0.474. The Balaban J connectivity index is 1.85. The van der Waals surface area contributed by atoms with Crippen LogP contribution in [0.5, 0.6) is 0 Å². The van der Waals surface area contributed by atoms with Gasteiger partial charge in [0.1, 0.15) is 11.6 Å². The minimum atomic E-state index is -0.363. The maximum absolute atomic E-state index is 14.0. The van der Waals surface area contributed by atoms with Crippen molar-refractivity contribution in [1.82, 2.24) is 10.2 Å². The third kappa shape index (κ3) is 2.35. The molecule has 0 aromatic heterocycles. The van der Waals surface area contributed by atoms with Crippen LogP contribution in [0.1, 0.15) is 37.3 Å². The Bertz CT molecular complexity index is 477. The van der Waals surface area contributed by atoms with Crippen LogP contribution in [0.2, 0.25) is 0 Å². The first kappa shape index (κ1) is 14.0. The molecule has 0 radical (unpaired) electrons. The van der Waals surface area contributed by atoms with Gasteiger partial charge in [-0.05, 0) is 63.9 Å². The van der Waals surface area contributed by atoms with Crippen molar-refractivity contribution in [2.24, 2.45) is 5.92 Å². The van der Waals surface area contributed by atoms with Crippen LogP contribution in [0.15, 0.2) is 18.2 Å². The third-order valence-electron chi connectivity index (χ3n) is 5.21. The summed E-state index contributed by atoms with van der Waals surface area (Å²) >= 11 is 0. The van der Waals surface area contributed by atoms with Crippen LogP contribution in [-0.2, 0) is 0 Å². The highest BCUT2D eigenvalue weighted by Crippen LogP contribution is 2.42. The molecule has 2 aliphatic heterocycles. The van der Waals surface area contributed by atoms with Crippen LogP contribution in [0.25, 0.3) is 0 Å². The molecule has 4 heteroatoms. The lowest BCUT2D eigenvalue weighted by Gasteiger charge is -2.40. The highest BCUT2D eigenvalue weighted by Gasteiger charge is 2.41. The second-order valence-corrected chi connectivity index (χ2v) is 6.21. The Morgan fingerprint density at radius 1 is 1.20 bits per heavy atom. The minimum absolute atomic E-state index is 0.0949. The lowest BCUT2D eigenvalue weighted by molar-refractivity contribution is 0.113. The standard InChI is InChI=1S/C16H22F2N2/c1-19-16(14-9-11(17)3-6-15(14)18)10-7-12-4-5-13(8-10)20(12)2/h3,6,9-10,12-13,16,19H,4-5,7-8H2,1-2H3. The molecule has 1 aromatic carbocycles. The Morgan fingerprint density at radius 2 is 1.85 bits per heavy atom. The zero-order valence-corrected chi connectivity index (χ0v) is 12.1. The molecule has 2 saturated heterocycles. The third-order valence-corrected chi connectivity index (χ3v) is 5.21. The van der Waals surface area contributed by atoms with Crippen molar-refractivity contribution >= 4 is 0 Å². The van der Waals surface area contributed by atoms with Crippen LogP contribution in [0.3, 0.4) is 0 Å². The van der Waals surface area contributed by atoms with Crippen LogP contribution in [0.4, 0.5) is 8.78 Å². The summed E-state index contributed by atoms with van der Waals surface area (Å²) in [4.78, 5) is 2.46. The summed E-state index contributed by atoms with van der Waals surface area (Å²) in [6.07, 6.45) is 4.60. The molecule has 1 aromatic rings. The molecule has 20 heavy (non-hydrogen) atoms. The first-order valence-corrected chi connectivity index (χ1v) is 7.44. The summed E-state index contributed by atoms with van der Waals surface area (Å²) in [6, 6.07) is 4.87. The Hall–Kier alpha value is -1.00. The smallest absolute Gasteiger partial charge is 0.128 e. The SMILES string of the molecule is CNC(c1cc(F)ccc1F)C1CC2CCC(C1)N2C. The van der Waals surface area contributed by atoms with E-state index in [1.54, 1.807) is 0 Å². The van der Waals surface area contributed by atoms with Crippen molar-refractivity contribution < 1.29 is 8.78 Å². The molecule has 2 heterocycles. The monoisotopic (exact) mass is 280 g/mol. The molecule has 110 valence electrons. The second kappa shape index (κ2) is 5.41. The molecule has 2 aliphatic rings. The number of nitrogens with zero attached hydrogens (tertiary/aromatic N) is 1. The minimum Gasteiger partial charge on any atom is -0.313 e. The second-order valence-electron chi connectivity index (χ2n) is 6.21. The van der Waals surface area contributed by atoms with Crippen LogP contribution < -0.4 is 5.32 Å². The molecule has 0 amide bonds. The molecule has 0 aliphatic carbocycles. The van der Waals surface area contributed by atoms with Crippen molar-refractivity contribution in [2.75, 3.05) is 14.1 Å². The maximum atomic E-state index is 14.0. The van der Waals surface area contributed by atoms with E-state index in [4.69, 9.17) is 0 Å². The van der Waals surface area contributed by atoms with Gasteiger partial charge < -0.3 is 10.2 Å². The summed E-state index contributed by atoms with van der Waals surface area (Å²) < 4.78 is 27.5. The number of rotatable bonds is 3. The molecule has 1 N–H and O–H groups in total.